The molecule has 0 bridgehead atoms. The minimum absolute atomic E-state index is 0.224. The third kappa shape index (κ3) is 2.69. The number of carbonyl (C=O) groups is 1. The van der Waals surface area contributed by atoms with E-state index in [0.717, 1.165) is 23.7 Å². The first-order valence-electron chi connectivity index (χ1n) is 6.63. The Morgan fingerprint density at radius 2 is 2.10 bits per heavy atom. The van der Waals surface area contributed by atoms with E-state index >= 15 is 0 Å². The second-order valence-corrected chi connectivity index (χ2v) is 5.05. The smallest absolute Gasteiger partial charge is 0.390 e. The summed E-state index contributed by atoms with van der Waals surface area (Å²) in [7, 11) is 5.71. The highest BCUT2D eigenvalue weighted by Gasteiger charge is 2.39. The van der Waals surface area contributed by atoms with E-state index in [-0.39, 0.29) is 11.6 Å². The summed E-state index contributed by atoms with van der Waals surface area (Å²) in [6.45, 7) is 2.02. The largest absolute Gasteiger partial charge is 0.417 e. The number of amides is 1. The summed E-state index contributed by atoms with van der Waals surface area (Å²) in [4.78, 5) is 13.1. The predicted molar refractivity (Wildman–Crippen MR) is 70.4 cm³/mol. The van der Waals surface area contributed by atoms with Crippen LogP contribution in [0.2, 0.25) is 0 Å². The first-order valence-corrected chi connectivity index (χ1v) is 6.63. The molecule has 20 heavy (non-hydrogen) atoms. The Bertz CT molecular complexity index is 516. The number of unbranched alkanes of at least 4 members (excludes halogenated alkanes) is 1. The Morgan fingerprint density at radius 1 is 1.40 bits per heavy atom. The molecule has 1 aliphatic rings. The van der Waals surface area contributed by atoms with Gasteiger partial charge in [-0.2, -0.15) is 13.2 Å². The number of hydrogen-bond acceptors (Lipinski definition) is 1. The van der Waals surface area contributed by atoms with Crippen LogP contribution in [0.15, 0.2) is 18.2 Å². The van der Waals surface area contributed by atoms with Crippen LogP contribution in [0.3, 0.4) is 0 Å². The second kappa shape index (κ2) is 5.50. The maximum Gasteiger partial charge on any atom is 0.417 e. The molecule has 1 aromatic carbocycles. The number of fused-ring (bicyclic) bond motifs is 1. The SMILES string of the molecule is [B]N1C(=O)c2c(cccc2C(F)(F)F)CC1CCCC. The van der Waals surface area contributed by atoms with Crippen molar-refractivity contribution in [1.29, 1.82) is 0 Å². The Hall–Kier alpha value is -1.46. The molecule has 0 spiro atoms. The van der Waals surface area contributed by atoms with E-state index in [4.69, 9.17) is 7.98 Å². The van der Waals surface area contributed by atoms with Crippen LogP contribution in [0, 0.1) is 0 Å². The lowest BCUT2D eigenvalue weighted by molar-refractivity contribution is -0.138. The third-order valence-electron chi connectivity index (χ3n) is 3.64. The van der Waals surface area contributed by atoms with Gasteiger partial charge in [-0.25, -0.2) is 0 Å². The molecule has 1 aliphatic heterocycles. The summed E-state index contributed by atoms with van der Waals surface area (Å²) in [6, 6.07) is 3.63. The van der Waals surface area contributed by atoms with Gasteiger partial charge in [0.25, 0.3) is 0 Å². The van der Waals surface area contributed by atoms with Crippen LogP contribution in [0.25, 0.3) is 0 Å². The fraction of sp³-hybridized carbons (Fsp3) is 0.500. The quantitative estimate of drug-likeness (QED) is 0.778. The molecule has 0 fully saturated rings. The van der Waals surface area contributed by atoms with Gasteiger partial charge in [-0.1, -0.05) is 31.9 Å². The molecule has 0 aliphatic carbocycles. The molecule has 1 aromatic rings. The molecule has 2 nitrogen and oxygen atoms in total. The van der Waals surface area contributed by atoms with Gasteiger partial charge >= 0.3 is 6.18 Å². The summed E-state index contributed by atoms with van der Waals surface area (Å²) >= 11 is 0. The molecule has 106 valence electrons. The molecule has 0 aromatic heterocycles. The minimum atomic E-state index is -4.54. The van der Waals surface area contributed by atoms with Gasteiger partial charge in [-0.3, -0.25) is 4.79 Å². The van der Waals surface area contributed by atoms with Crippen LogP contribution in [-0.4, -0.2) is 24.7 Å². The fourth-order valence-corrected chi connectivity index (χ4v) is 2.59. The van der Waals surface area contributed by atoms with Crippen LogP contribution in [-0.2, 0) is 12.6 Å². The average Bonchev–Trinajstić information content (AvgIpc) is 2.39. The first kappa shape index (κ1) is 14.9. The number of nitrogens with zero attached hydrogens (tertiary/aromatic N) is 1. The molecule has 2 radical (unpaired) electrons. The van der Waals surface area contributed by atoms with Gasteiger partial charge in [0.05, 0.1) is 11.1 Å². The van der Waals surface area contributed by atoms with Gasteiger partial charge in [0, 0.05) is 6.04 Å². The van der Waals surface area contributed by atoms with Crippen molar-refractivity contribution in [3.8, 4) is 0 Å². The zero-order valence-electron chi connectivity index (χ0n) is 11.2. The lowest BCUT2D eigenvalue weighted by Crippen LogP contribution is -2.45. The summed E-state index contributed by atoms with van der Waals surface area (Å²) in [5, 5.41) is 0. The van der Waals surface area contributed by atoms with E-state index in [1.807, 2.05) is 6.92 Å². The van der Waals surface area contributed by atoms with Crippen LogP contribution in [0.5, 0.6) is 0 Å². The average molecular weight is 281 g/mol. The highest BCUT2D eigenvalue weighted by atomic mass is 19.4. The number of benzene rings is 1. The zero-order chi connectivity index (χ0) is 14.9. The Kier molecular flexibility index (Phi) is 4.11. The van der Waals surface area contributed by atoms with Crippen molar-refractivity contribution in [3.05, 3.63) is 34.9 Å². The standard InChI is InChI=1S/C14H15BF3NO/c1-2-3-6-10-8-9-5-4-7-11(14(16,17)18)12(9)13(20)19(10)15/h4-5,7,10H,2-3,6,8H2,1H3. The number of halogens is 3. The van der Waals surface area contributed by atoms with E-state index in [9.17, 15) is 18.0 Å². The van der Waals surface area contributed by atoms with Crippen molar-refractivity contribution in [2.75, 3.05) is 0 Å². The zero-order valence-corrected chi connectivity index (χ0v) is 11.2. The van der Waals surface area contributed by atoms with Crippen molar-refractivity contribution in [1.82, 2.24) is 4.81 Å². The number of rotatable bonds is 3. The number of alkyl halides is 3. The number of carbonyl (C=O) groups excluding carboxylic acids is 1. The Morgan fingerprint density at radius 3 is 2.70 bits per heavy atom. The molecule has 1 heterocycles. The molecular weight excluding hydrogens is 266 g/mol. The van der Waals surface area contributed by atoms with Crippen LogP contribution < -0.4 is 0 Å². The van der Waals surface area contributed by atoms with Crippen molar-refractivity contribution in [3.63, 3.8) is 0 Å². The second-order valence-electron chi connectivity index (χ2n) is 5.05. The predicted octanol–water partition coefficient (Wildman–Crippen LogP) is 3.35. The molecule has 1 amide bonds. The maximum atomic E-state index is 13.0. The summed E-state index contributed by atoms with van der Waals surface area (Å²) < 4.78 is 38.9. The summed E-state index contributed by atoms with van der Waals surface area (Å²) in [5.41, 5.74) is -0.757. The molecule has 0 saturated carbocycles. The molecule has 1 unspecified atom stereocenters. The highest BCUT2D eigenvalue weighted by Crippen LogP contribution is 2.36. The number of hydrogen-bond donors (Lipinski definition) is 0. The van der Waals surface area contributed by atoms with Crippen molar-refractivity contribution in [2.24, 2.45) is 0 Å². The van der Waals surface area contributed by atoms with Gasteiger partial charge in [0.1, 0.15) is 0 Å². The van der Waals surface area contributed by atoms with Crippen LogP contribution >= 0.6 is 0 Å². The molecule has 1 atom stereocenters. The normalized spacial score (nSPS) is 19.1. The summed E-state index contributed by atoms with van der Waals surface area (Å²) in [5.74, 6) is -0.736. The van der Waals surface area contributed by atoms with Crippen LogP contribution in [0.4, 0.5) is 13.2 Å². The van der Waals surface area contributed by atoms with Gasteiger partial charge in [0.2, 0.25) is 13.9 Å². The lowest BCUT2D eigenvalue weighted by atomic mass is 9.86. The third-order valence-corrected chi connectivity index (χ3v) is 3.64. The van der Waals surface area contributed by atoms with E-state index in [1.54, 1.807) is 6.07 Å². The highest BCUT2D eigenvalue weighted by molar-refractivity contribution is 6.19. The van der Waals surface area contributed by atoms with Crippen molar-refractivity contribution in [2.45, 2.75) is 44.8 Å². The Balaban J connectivity index is 2.41. The van der Waals surface area contributed by atoms with E-state index in [2.05, 4.69) is 0 Å². The lowest BCUT2D eigenvalue weighted by Gasteiger charge is -2.36. The molecule has 0 saturated heterocycles. The van der Waals surface area contributed by atoms with Crippen LogP contribution in [0.1, 0.15) is 47.7 Å². The van der Waals surface area contributed by atoms with Gasteiger partial charge in [0.15, 0.2) is 0 Å². The monoisotopic (exact) mass is 281 g/mol. The Labute approximate surface area is 117 Å². The van der Waals surface area contributed by atoms with Gasteiger partial charge in [-0.05, 0) is 24.5 Å². The molecule has 2 rings (SSSR count). The van der Waals surface area contributed by atoms with Crippen molar-refractivity contribution < 1.29 is 18.0 Å². The van der Waals surface area contributed by atoms with Crippen molar-refractivity contribution >= 4 is 13.9 Å². The first-order chi connectivity index (χ1) is 9.36. The van der Waals surface area contributed by atoms with Gasteiger partial charge < -0.3 is 4.81 Å². The van der Waals surface area contributed by atoms with E-state index in [0.29, 0.717) is 18.4 Å². The maximum absolute atomic E-state index is 13.0. The summed E-state index contributed by atoms with van der Waals surface area (Å²) in [6.07, 6.45) is -1.62. The van der Waals surface area contributed by atoms with Gasteiger partial charge in [-0.15, -0.1) is 0 Å². The topological polar surface area (TPSA) is 20.3 Å². The van der Waals surface area contributed by atoms with E-state index < -0.39 is 17.6 Å². The molecule has 0 N–H and O–H groups in total. The fourth-order valence-electron chi connectivity index (χ4n) is 2.59. The molecular formula is C14H15BF3NO. The van der Waals surface area contributed by atoms with E-state index in [1.165, 1.54) is 6.07 Å². The minimum Gasteiger partial charge on any atom is -0.390 e. The molecule has 6 heteroatoms.